The highest BCUT2D eigenvalue weighted by molar-refractivity contribution is 6.39. The van der Waals surface area contributed by atoms with Crippen LogP contribution in [-0.2, 0) is 14.4 Å². The second kappa shape index (κ2) is 6.19. The van der Waals surface area contributed by atoms with Crippen LogP contribution in [0.2, 0.25) is 0 Å². The molecule has 0 radical (unpaired) electrons. The quantitative estimate of drug-likeness (QED) is 0.650. The van der Waals surface area contributed by atoms with Gasteiger partial charge in [0, 0.05) is 5.69 Å². The van der Waals surface area contributed by atoms with Crippen molar-refractivity contribution in [3.63, 3.8) is 0 Å². The third-order valence-electron chi connectivity index (χ3n) is 1.92. The molecule has 0 aromatic heterocycles. The first kappa shape index (κ1) is 15.0. The predicted molar refractivity (Wildman–Crippen MR) is 60.0 cm³/mol. The molecule has 0 heterocycles. The number of anilines is 1. The molecule has 0 spiro atoms. The number of hydroxylamine groups is 1. The number of carbonyl (C=O) groups excluding carboxylic acids is 2. The summed E-state index contributed by atoms with van der Waals surface area (Å²) in [5.74, 6) is -2.43. The zero-order chi connectivity index (χ0) is 14.5. The Labute approximate surface area is 106 Å². The van der Waals surface area contributed by atoms with Crippen LogP contribution >= 0.6 is 0 Å². The van der Waals surface area contributed by atoms with E-state index in [1.165, 1.54) is 5.48 Å². The molecule has 1 aromatic rings. The average Bonchev–Trinajstić information content (AvgIpc) is 2.30. The van der Waals surface area contributed by atoms with Crippen LogP contribution in [0.4, 0.5) is 18.9 Å². The van der Waals surface area contributed by atoms with Gasteiger partial charge in [-0.2, -0.15) is 13.2 Å². The van der Waals surface area contributed by atoms with Gasteiger partial charge in [0.15, 0.2) is 6.61 Å². The van der Waals surface area contributed by atoms with Crippen LogP contribution in [0.3, 0.4) is 0 Å². The number of amides is 2. The average molecular weight is 276 g/mol. The first-order chi connectivity index (χ1) is 8.78. The first-order valence-electron chi connectivity index (χ1n) is 5.14. The van der Waals surface area contributed by atoms with Crippen LogP contribution in [0.25, 0.3) is 0 Å². The van der Waals surface area contributed by atoms with E-state index < -0.39 is 24.6 Å². The summed E-state index contributed by atoms with van der Waals surface area (Å²) in [5, 5.41) is 2.20. The number of hydrogen-bond acceptors (Lipinski definition) is 3. The van der Waals surface area contributed by atoms with E-state index in [0.29, 0.717) is 5.69 Å². The molecule has 1 rings (SSSR count). The number of rotatable bonds is 3. The fraction of sp³-hybridized carbons (Fsp3) is 0.273. The maximum absolute atomic E-state index is 11.7. The molecule has 0 aliphatic rings. The Morgan fingerprint density at radius 1 is 1.16 bits per heavy atom. The second-order valence-corrected chi connectivity index (χ2v) is 3.66. The molecule has 0 atom stereocenters. The summed E-state index contributed by atoms with van der Waals surface area (Å²) in [7, 11) is 0. The van der Waals surface area contributed by atoms with Crippen molar-refractivity contribution >= 4 is 17.5 Å². The third kappa shape index (κ3) is 5.87. The molecule has 0 fully saturated rings. The molecule has 0 saturated heterocycles. The van der Waals surface area contributed by atoms with Crippen molar-refractivity contribution in [3.05, 3.63) is 29.8 Å². The van der Waals surface area contributed by atoms with Gasteiger partial charge >= 0.3 is 18.0 Å². The Balaban J connectivity index is 2.41. The number of halogens is 3. The van der Waals surface area contributed by atoms with E-state index in [4.69, 9.17) is 0 Å². The monoisotopic (exact) mass is 276 g/mol. The van der Waals surface area contributed by atoms with E-state index in [2.05, 4.69) is 10.2 Å². The Kier molecular flexibility index (Phi) is 4.87. The molecule has 8 heteroatoms. The Morgan fingerprint density at radius 2 is 1.74 bits per heavy atom. The zero-order valence-electron chi connectivity index (χ0n) is 9.88. The SMILES string of the molecule is Cc1ccc(NC(=O)C(=O)NOCC(F)(F)F)cc1. The number of aryl methyl sites for hydroxylation is 1. The molecular formula is C11H11F3N2O3. The minimum atomic E-state index is -4.58. The van der Waals surface area contributed by atoms with E-state index in [9.17, 15) is 22.8 Å². The Morgan fingerprint density at radius 3 is 2.26 bits per heavy atom. The highest BCUT2D eigenvalue weighted by Crippen LogP contribution is 2.13. The number of hydrogen-bond donors (Lipinski definition) is 2. The van der Waals surface area contributed by atoms with Crippen molar-refractivity contribution in [2.75, 3.05) is 11.9 Å². The zero-order valence-corrected chi connectivity index (χ0v) is 9.88. The predicted octanol–water partition coefficient (Wildman–Crippen LogP) is 1.54. The van der Waals surface area contributed by atoms with Gasteiger partial charge in [0.1, 0.15) is 0 Å². The van der Waals surface area contributed by atoms with Crippen molar-refractivity contribution in [1.82, 2.24) is 5.48 Å². The van der Waals surface area contributed by atoms with Gasteiger partial charge in [0.2, 0.25) is 0 Å². The normalized spacial score (nSPS) is 10.9. The van der Waals surface area contributed by atoms with E-state index in [-0.39, 0.29) is 0 Å². The third-order valence-corrected chi connectivity index (χ3v) is 1.92. The maximum Gasteiger partial charge on any atom is 0.414 e. The van der Waals surface area contributed by atoms with Gasteiger partial charge in [-0.15, -0.1) is 0 Å². The van der Waals surface area contributed by atoms with Gasteiger partial charge in [-0.3, -0.25) is 14.4 Å². The minimum absolute atomic E-state index is 0.349. The summed E-state index contributed by atoms with van der Waals surface area (Å²) in [6.45, 7) is 0.167. The Bertz CT molecular complexity index is 457. The van der Waals surface area contributed by atoms with Gasteiger partial charge in [-0.05, 0) is 19.1 Å². The molecule has 1 aromatic carbocycles. The standard InChI is InChI=1S/C11H11F3N2O3/c1-7-2-4-8(5-3-7)15-9(17)10(18)16-19-6-11(12,13)14/h2-5H,6H2,1H3,(H,15,17)(H,16,18). The topological polar surface area (TPSA) is 67.4 Å². The summed E-state index contributed by atoms with van der Waals surface area (Å²) in [4.78, 5) is 26.2. The number of alkyl halides is 3. The van der Waals surface area contributed by atoms with Gasteiger partial charge < -0.3 is 5.32 Å². The molecule has 5 nitrogen and oxygen atoms in total. The molecule has 0 aliphatic heterocycles. The maximum atomic E-state index is 11.7. The summed E-state index contributed by atoms with van der Waals surface area (Å²) < 4.78 is 35.1. The molecule has 2 N–H and O–H groups in total. The van der Waals surface area contributed by atoms with Gasteiger partial charge in [0.25, 0.3) is 0 Å². The number of benzene rings is 1. The largest absolute Gasteiger partial charge is 0.414 e. The lowest BCUT2D eigenvalue weighted by molar-refractivity contribution is -0.192. The summed E-state index contributed by atoms with van der Waals surface area (Å²) in [6.07, 6.45) is -4.58. The molecule has 19 heavy (non-hydrogen) atoms. The molecule has 2 amide bonds. The van der Waals surface area contributed by atoms with Gasteiger partial charge in [0.05, 0.1) is 0 Å². The minimum Gasteiger partial charge on any atom is -0.318 e. The van der Waals surface area contributed by atoms with Crippen molar-refractivity contribution < 1.29 is 27.6 Å². The van der Waals surface area contributed by atoms with Crippen LogP contribution in [0, 0.1) is 6.92 Å². The molecule has 0 unspecified atom stereocenters. The fourth-order valence-electron chi connectivity index (χ4n) is 1.05. The van der Waals surface area contributed by atoms with Gasteiger partial charge in [-0.1, -0.05) is 17.7 Å². The highest BCUT2D eigenvalue weighted by atomic mass is 19.4. The summed E-state index contributed by atoms with van der Waals surface area (Å²) in [5.41, 5.74) is 2.70. The lowest BCUT2D eigenvalue weighted by atomic mass is 10.2. The smallest absolute Gasteiger partial charge is 0.318 e. The van der Waals surface area contributed by atoms with E-state index >= 15 is 0 Å². The molecular weight excluding hydrogens is 265 g/mol. The van der Waals surface area contributed by atoms with Crippen LogP contribution < -0.4 is 10.8 Å². The van der Waals surface area contributed by atoms with E-state index in [0.717, 1.165) is 5.56 Å². The molecule has 0 bridgehead atoms. The van der Waals surface area contributed by atoms with E-state index in [1.54, 1.807) is 24.3 Å². The molecule has 0 aliphatic carbocycles. The van der Waals surface area contributed by atoms with Crippen molar-refractivity contribution in [3.8, 4) is 0 Å². The van der Waals surface area contributed by atoms with Crippen LogP contribution in [-0.4, -0.2) is 24.6 Å². The van der Waals surface area contributed by atoms with Crippen LogP contribution in [0.5, 0.6) is 0 Å². The second-order valence-electron chi connectivity index (χ2n) is 3.66. The first-order valence-corrected chi connectivity index (χ1v) is 5.14. The van der Waals surface area contributed by atoms with Crippen LogP contribution in [0.1, 0.15) is 5.56 Å². The van der Waals surface area contributed by atoms with E-state index in [1.807, 2.05) is 6.92 Å². The van der Waals surface area contributed by atoms with Crippen molar-refractivity contribution in [2.24, 2.45) is 0 Å². The van der Waals surface area contributed by atoms with Crippen molar-refractivity contribution in [2.45, 2.75) is 13.1 Å². The fourth-order valence-corrected chi connectivity index (χ4v) is 1.05. The number of carbonyl (C=O) groups is 2. The molecule has 0 saturated carbocycles. The summed E-state index contributed by atoms with van der Waals surface area (Å²) >= 11 is 0. The number of nitrogens with one attached hydrogen (secondary N) is 2. The molecule has 104 valence electrons. The Hall–Kier alpha value is -2.09. The van der Waals surface area contributed by atoms with Gasteiger partial charge in [-0.25, -0.2) is 5.48 Å². The highest BCUT2D eigenvalue weighted by Gasteiger charge is 2.28. The van der Waals surface area contributed by atoms with Crippen LogP contribution in [0.15, 0.2) is 24.3 Å². The lowest BCUT2D eigenvalue weighted by Crippen LogP contribution is -2.37. The van der Waals surface area contributed by atoms with Crippen molar-refractivity contribution in [1.29, 1.82) is 0 Å². The summed E-state index contributed by atoms with van der Waals surface area (Å²) in [6, 6.07) is 6.51. The lowest BCUT2D eigenvalue weighted by Gasteiger charge is -2.08.